The molecule has 6 heteroatoms. The van der Waals surface area contributed by atoms with E-state index in [1.54, 1.807) is 20.8 Å². The number of nitrogens with zero attached hydrogens (tertiary/aromatic N) is 2. The van der Waals surface area contributed by atoms with E-state index in [9.17, 15) is 20.2 Å². The molecule has 0 amide bonds. The maximum atomic E-state index is 11.0. The lowest BCUT2D eigenvalue weighted by Crippen LogP contribution is -2.25. The summed E-state index contributed by atoms with van der Waals surface area (Å²) in [5.41, 5.74) is -0.127. The second-order valence-electron chi connectivity index (χ2n) is 4.90. The molecule has 0 aliphatic rings. The largest absolute Gasteiger partial charge is 0.269 e. The Morgan fingerprint density at radius 1 is 1.06 bits per heavy atom. The van der Waals surface area contributed by atoms with Crippen LogP contribution in [-0.4, -0.2) is 9.85 Å². The van der Waals surface area contributed by atoms with Gasteiger partial charge in [-0.05, 0) is 12.1 Å². The van der Waals surface area contributed by atoms with Crippen LogP contribution < -0.4 is 0 Å². The van der Waals surface area contributed by atoms with Crippen LogP contribution in [0.25, 0.3) is 0 Å². The molecular formula is C11H14N2O4. The van der Waals surface area contributed by atoms with Crippen molar-refractivity contribution in [3.8, 4) is 0 Å². The van der Waals surface area contributed by atoms with Crippen LogP contribution >= 0.6 is 0 Å². The molecule has 0 heterocycles. The predicted octanol–water partition coefficient (Wildman–Crippen LogP) is 2.96. The highest BCUT2D eigenvalue weighted by Gasteiger charge is 2.36. The highest BCUT2D eigenvalue weighted by molar-refractivity contribution is 5.34. The van der Waals surface area contributed by atoms with Gasteiger partial charge in [0.25, 0.3) is 5.69 Å². The second kappa shape index (κ2) is 4.48. The summed E-state index contributed by atoms with van der Waals surface area (Å²) >= 11 is 0. The Labute approximate surface area is 98.6 Å². The van der Waals surface area contributed by atoms with Crippen molar-refractivity contribution in [2.24, 2.45) is 5.41 Å². The fourth-order valence-electron chi connectivity index (χ4n) is 1.72. The number of hydrogen-bond acceptors (Lipinski definition) is 4. The Morgan fingerprint density at radius 3 is 1.82 bits per heavy atom. The Bertz CT molecular complexity index is 434. The topological polar surface area (TPSA) is 86.3 Å². The van der Waals surface area contributed by atoms with E-state index in [2.05, 4.69) is 0 Å². The number of nitro groups is 2. The van der Waals surface area contributed by atoms with Gasteiger partial charge in [-0.2, -0.15) is 0 Å². The molecule has 6 nitrogen and oxygen atoms in total. The van der Waals surface area contributed by atoms with Gasteiger partial charge < -0.3 is 0 Å². The molecule has 0 unspecified atom stereocenters. The lowest BCUT2D eigenvalue weighted by molar-refractivity contribution is -0.546. The molecule has 1 aromatic carbocycles. The molecule has 17 heavy (non-hydrogen) atoms. The quantitative estimate of drug-likeness (QED) is 0.598. The van der Waals surface area contributed by atoms with E-state index in [0.717, 1.165) is 0 Å². The summed E-state index contributed by atoms with van der Waals surface area (Å²) in [6, 6.07) is 4.59. The van der Waals surface area contributed by atoms with Crippen LogP contribution in [0.1, 0.15) is 32.4 Å². The normalized spacial score (nSPS) is 13.1. The van der Waals surface area contributed by atoms with Gasteiger partial charge in [0.05, 0.1) is 4.92 Å². The molecular weight excluding hydrogens is 224 g/mol. The summed E-state index contributed by atoms with van der Waals surface area (Å²) in [5, 5.41) is 21.5. The van der Waals surface area contributed by atoms with E-state index in [4.69, 9.17) is 0 Å². The molecule has 0 N–H and O–H groups in total. The summed E-state index contributed by atoms with van der Waals surface area (Å²) < 4.78 is 0. The van der Waals surface area contributed by atoms with Crippen LogP contribution in [0.5, 0.6) is 0 Å². The first kappa shape index (κ1) is 13.1. The van der Waals surface area contributed by atoms with Gasteiger partial charge in [0.1, 0.15) is 0 Å². The molecule has 0 spiro atoms. The molecule has 0 radical (unpaired) electrons. The Morgan fingerprint density at radius 2 is 1.53 bits per heavy atom. The van der Waals surface area contributed by atoms with E-state index in [-0.39, 0.29) is 10.6 Å². The Hall–Kier alpha value is -1.98. The number of hydrogen-bond donors (Lipinski definition) is 0. The van der Waals surface area contributed by atoms with Crippen molar-refractivity contribution in [2.75, 3.05) is 0 Å². The maximum Gasteiger partial charge on any atom is 0.269 e. The Balaban J connectivity index is 3.13. The predicted molar refractivity (Wildman–Crippen MR) is 62.3 cm³/mol. The summed E-state index contributed by atoms with van der Waals surface area (Å²) in [5.74, 6) is 0. The summed E-state index contributed by atoms with van der Waals surface area (Å²) in [4.78, 5) is 20.6. The van der Waals surface area contributed by atoms with Crippen LogP contribution in [0.3, 0.4) is 0 Å². The standard InChI is InChI=1S/C11H14N2O4/c1-11(2,3)10(13(16)17)8-4-6-9(7-5-8)12(14)15/h4-7,10H,1-3H3/t10-/m1/s1. The number of nitro benzene ring substituents is 1. The molecule has 1 rings (SSSR count). The van der Waals surface area contributed by atoms with Gasteiger partial charge in [-0.25, -0.2) is 0 Å². The Kier molecular flexibility index (Phi) is 3.45. The third-order valence-corrected chi connectivity index (χ3v) is 2.45. The van der Waals surface area contributed by atoms with Crippen molar-refractivity contribution >= 4 is 5.69 Å². The van der Waals surface area contributed by atoms with E-state index in [1.807, 2.05) is 0 Å². The fourth-order valence-corrected chi connectivity index (χ4v) is 1.72. The third kappa shape index (κ3) is 2.99. The third-order valence-electron chi connectivity index (χ3n) is 2.45. The van der Waals surface area contributed by atoms with Crippen molar-refractivity contribution in [1.82, 2.24) is 0 Å². The van der Waals surface area contributed by atoms with Gasteiger partial charge in [0, 0.05) is 28.0 Å². The molecule has 0 aliphatic heterocycles. The van der Waals surface area contributed by atoms with E-state index < -0.39 is 16.4 Å². The van der Waals surface area contributed by atoms with Crippen LogP contribution in [0.2, 0.25) is 0 Å². The molecule has 0 bridgehead atoms. The first-order valence-electron chi connectivity index (χ1n) is 5.11. The van der Waals surface area contributed by atoms with Gasteiger partial charge in [-0.3, -0.25) is 20.2 Å². The number of rotatable bonds is 3. The van der Waals surface area contributed by atoms with Crippen molar-refractivity contribution in [3.63, 3.8) is 0 Å². The maximum absolute atomic E-state index is 11.0. The average molecular weight is 238 g/mol. The molecule has 92 valence electrons. The van der Waals surface area contributed by atoms with Crippen molar-refractivity contribution in [2.45, 2.75) is 26.8 Å². The smallest absolute Gasteiger partial charge is 0.264 e. The van der Waals surface area contributed by atoms with E-state index >= 15 is 0 Å². The summed E-state index contributed by atoms with van der Waals surface area (Å²) in [7, 11) is 0. The molecule has 0 saturated heterocycles. The van der Waals surface area contributed by atoms with Crippen LogP contribution in [0, 0.1) is 25.6 Å². The van der Waals surface area contributed by atoms with Gasteiger partial charge in [0.2, 0.25) is 6.04 Å². The lowest BCUT2D eigenvalue weighted by Gasteiger charge is -2.23. The molecule has 1 aromatic rings. The van der Waals surface area contributed by atoms with Crippen molar-refractivity contribution in [1.29, 1.82) is 0 Å². The van der Waals surface area contributed by atoms with Crippen LogP contribution in [0.4, 0.5) is 5.69 Å². The minimum absolute atomic E-state index is 0.0650. The zero-order valence-corrected chi connectivity index (χ0v) is 9.91. The number of non-ortho nitro benzene ring substituents is 1. The van der Waals surface area contributed by atoms with Gasteiger partial charge in [0.15, 0.2) is 0 Å². The van der Waals surface area contributed by atoms with Crippen LogP contribution in [0.15, 0.2) is 24.3 Å². The zero-order valence-electron chi connectivity index (χ0n) is 9.91. The zero-order chi connectivity index (χ0) is 13.2. The molecule has 1 atom stereocenters. The minimum Gasteiger partial charge on any atom is -0.264 e. The van der Waals surface area contributed by atoms with Gasteiger partial charge in [-0.1, -0.05) is 20.8 Å². The molecule has 0 aliphatic carbocycles. The SMILES string of the molecule is CC(C)(C)[C@@H](c1ccc([N+](=O)[O-])cc1)[N+](=O)[O-]. The van der Waals surface area contributed by atoms with Crippen molar-refractivity contribution in [3.05, 3.63) is 50.1 Å². The molecule has 0 fully saturated rings. The highest BCUT2D eigenvalue weighted by Crippen LogP contribution is 2.35. The van der Waals surface area contributed by atoms with Gasteiger partial charge in [-0.15, -0.1) is 0 Å². The number of benzene rings is 1. The molecule has 0 saturated carbocycles. The van der Waals surface area contributed by atoms with Crippen LogP contribution in [-0.2, 0) is 0 Å². The highest BCUT2D eigenvalue weighted by atomic mass is 16.6. The minimum atomic E-state index is -0.872. The fraction of sp³-hybridized carbons (Fsp3) is 0.455. The van der Waals surface area contributed by atoms with E-state index in [0.29, 0.717) is 5.56 Å². The monoisotopic (exact) mass is 238 g/mol. The second-order valence-corrected chi connectivity index (χ2v) is 4.90. The average Bonchev–Trinajstić information content (AvgIpc) is 2.15. The van der Waals surface area contributed by atoms with Gasteiger partial charge >= 0.3 is 0 Å². The lowest BCUT2D eigenvalue weighted by atomic mass is 9.83. The van der Waals surface area contributed by atoms with E-state index in [1.165, 1.54) is 24.3 Å². The summed E-state index contributed by atoms with van der Waals surface area (Å²) in [6.45, 7) is 5.30. The molecule has 0 aromatic heterocycles. The first-order valence-corrected chi connectivity index (χ1v) is 5.11. The first-order chi connectivity index (χ1) is 7.73. The van der Waals surface area contributed by atoms with Crippen molar-refractivity contribution < 1.29 is 9.85 Å². The summed E-state index contributed by atoms with van der Waals surface area (Å²) in [6.07, 6.45) is 0.